The Morgan fingerprint density at radius 1 is 1.15 bits per heavy atom. The van der Waals surface area contributed by atoms with E-state index in [1.54, 1.807) is 21.3 Å². The molecule has 0 saturated carbocycles. The first kappa shape index (κ1) is 16.8. The molecule has 1 rings (SSSR count). The fraction of sp³-hybridized carbons (Fsp3) is 0.600. The maximum absolute atomic E-state index is 5.90. The van der Waals surface area contributed by atoms with Crippen LogP contribution >= 0.6 is 0 Å². The molecule has 0 amide bonds. The van der Waals surface area contributed by atoms with Gasteiger partial charge in [-0.3, -0.25) is 4.90 Å². The van der Waals surface area contributed by atoms with E-state index in [-0.39, 0.29) is 0 Å². The second-order valence-electron chi connectivity index (χ2n) is 4.88. The third-order valence-corrected chi connectivity index (χ3v) is 3.22. The highest BCUT2D eigenvalue weighted by atomic mass is 16.5. The normalized spacial score (nSPS) is 12.7. The summed E-state index contributed by atoms with van der Waals surface area (Å²) in [6, 6.07) is 6.11. The quantitative estimate of drug-likeness (QED) is 0.699. The first-order chi connectivity index (χ1) is 9.60. The van der Waals surface area contributed by atoms with Crippen LogP contribution in [0.3, 0.4) is 0 Å². The van der Waals surface area contributed by atoms with Crippen LogP contribution in [0.5, 0.6) is 5.75 Å². The Morgan fingerprint density at radius 3 is 2.50 bits per heavy atom. The van der Waals surface area contributed by atoms with Crippen LogP contribution in [0, 0.1) is 0 Å². The van der Waals surface area contributed by atoms with Crippen molar-refractivity contribution < 1.29 is 14.2 Å². The third-order valence-electron chi connectivity index (χ3n) is 3.22. The monoisotopic (exact) mass is 282 g/mol. The maximum atomic E-state index is 5.90. The van der Waals surface area contributed by atoms with E-state index in [2.05, 4.69) is 11.8 Å². The summed E-state index contributed by atoms with van der Waals surface area (Å²) in [4.78, 5) is 2.31. The lowest BCUT2D eigenvalue weighted by Gasteiger charge is -2.28. The molecule has 1 aromatic rings. The highest BCUT2D eigenvalue weighted by Crippen LogP contribution is 2.20. The molecule has 0 saturated heterocycles. The van der Waals surface area contributed by atoms with Gasteiger partial charge in [0.1, 0.15) is 5.75 Å². The predicted octanol–water partition coefficient (Wildman–Crippen LogP) is 1.76. The van der Waals surface area contributed by atoms with Crippen molar-refractivity contribution >= 4 is 5.69 Å². The molecule has 0 aliphatic heterocycles. The zero-order valence-corrected chi connectivity index (χ0v) is 12.9. The standard InChI is InChI=1S/C15H26N2O3/c1-12(11-19-3)17(5-6-18-2)10-13-7-14(16)9-15(8-13)20-4/h7-9,12H,5-6,10-11,16H2,1-4H3. The molecule has 5 nitrogen and oxygen atoms in total. The van der Waals surface area contributed by atoms with Crippen LogP contribution in [-0.4, -0.2) is 52.0 Å². The molecule has 0 aromatic heterocycles. The van der Waals surface area contributed by atoms with E-state index in [0.29, 0.717) is 24.9 Å². The second kappa shape index (κ2) is 8.79. The Hall–Kier alpha value is -1.30. The molecule has 1 aromatic carbocycles. The van der Waals surface area contributed by atoms with E-state index in [1.165, 1.54) is 0 Å². The lowest BCUT2D eigenvalue weighted by atomic mass is 10.1. The van der Waals surface area contributed by atoms with Crippen molar-refractivity contribution in [1.29, 1.82) is 0 Å². The predicted molar refractivity (Wildman–Crippen MR) is 81.0 cm³/mol. The van der Waals surface area contributed by atoms with Gasteiger partial charge in [-0.1, -0.05) is 0 Å². The molecular weight excluding hydrogens is 256 g/mol. The number of methoxy groups -OCH3 is 3. The first-order valence-electron chi connectivity index (χ1n) is 6.76. The SMILES string of the molecule is COCCN(Cc1cc(N)cc(OC)c1)C(C)COC. The first-order valence-corrected chi connectivity index (χ1v) is 6.76. The van der Waals surface area contributed by atoms with Gasteiger partial charge in [0.25, 0.3) is 0 Å². The van der Waals surface area contributed by atoms with E-state index in [9.17, 15) is 0 Å². The van der Waals surface area contributed by atoms with Crippen molar-refractivity contribution in [2.75, 3.05) is 46.8 Å². The summed E-state index contributed by atoms with van der Waals surface area (Å²) in [5.41, 5.74) is 7.74. The van der Waals surface area contributed by atoms with Gasteiger partial charge in [-0.05, 0) is 24.6 Å². The van der Waals surface area contributed by atoms with E-state index in [0.717, 1.165) is 24.4 Å². The molecule has 0 bridgehead atoms. The number of hydrogen-bond donors (Lipinski definition) is 1. The lowest BCUT2D eigenvalue weighted by Crippen LogP contribution is -2.38. The minimum Gasteiger partial charge on any atom is -0.497 e. The van der Waals surface area contributed by atoms with Crippen molar-refractivity contribution in [3.8, 4) is 5.75 Å². The Kier molecular flexibility index (Phi) is 7.36. The van der Waals surface area contributed by atoms with Crippen LogP contribution < -0.4 is 10.5 Å². The van der Waals surface area contributed by atoms with Crippen LogP contribution in [0.2, 0.25) is 0 Å². The van der Waals surface area contributed by atoms with Crippen LogP contribution in [0.15, 0.2) is 18.2 Å². The van der Waals surface area contributed by atoms with Gasteiger partial charge in [0, 0.05) is 45.1 Å². The van der Waals surface area contributed by atoms with Crippen molar-refractivity contribution in [2.45, 2.75) is 19.5 Å². The Balaban J connectivity index is 2.79. The lowest BCUT2D eigenvalue weighted by molar-refractivity contribution is 0.0705. The van der Waals surface area contributed by atoms with Crippen LogP contribution in [0.25, 0.3) is 0 Å². The molecule has 0 aliphatic rings. The Labute approximate surface area is 121 Å². The van der Waals surface area contributed by atoms with Gasteiger partial charge in [0.15, 0.2) is 0 Å². The van der Waals surface area contributed by atoms with Crippen LogP contribution in [0.1, 0.15) is 12.5 Å². The molecule has 2 N–H and O–H groups in total. The second-order valence-corrected chi connectivity index (χ2v) is 4.88. The molecule has 0 fully saturated rings. The number of ether oxygens (including phenoxy) is 3. The summed E-state index contributed by atoms with van der Waals surface area (Å²) in [7, 11) is 5.08. The van der Waals surface area contributed by atoms with Gasteiger partial charge in [-0.25, -0.2) is 0 Å². The summed E-state index contributed by atoms with van der Waals surface area (Å²) >= 11 is 0. The number of anilines is 1. The van der Waals surface area contributed by atoms with E-state index >= 15 is 0 Å². The highest BCUT2D eigenvalue weighted by molar-refractivity contribution is 5.47. The van der Waals surface area contributed by atoms with Gasteiger partial charge in [-0.15, -0.1) is 0 Å². The van der Waals surface area contributed by atoms with Gasteiger partial charge < -0.3 is 19.9 Å². The fourth-order valence-electron chi connectivity index (χ4n) is 2.14. The van der Waals surface area contributed by atoms with Crippen molar-refractivity contribution in [1.82, 2.24) is 4.90 Å². The minimum atomic E-state index is 0.308. The number of rotatable bonds is 9. The molecule has 114 valence electrons. The summed E-state index contributed by atoms with van der Waals surface area (Å²) in [6.45, 7) is 5.15. The van der Waals surface area contributed by atoms with E-state index < -0.39 is 0 Å². The number of nitrogens with zero attached hydrogens (tertiary/aromatic N) is 1. The number of nitrogens with two attached hydrogens (primary N) is 1. The van der Waals surface area contributed by atoms with Crippen LogP contribution in [0.4, 0.5) is 5.69 Å². The molecule has 0 heterocycles. The van der Waals surface area contributed by atoms with Gasteiger partial charge in [-0.2, -0.15) is 0 Å². The molecule has 20 heavy (non-hydrogen) atoms. The molecular formula is C15H26N2O3. The largest absolute Gasteiger partial charge is 0.497 e. The summed E-state index contributed by atoms with van der Waals surface area (Å²) in [5, 5.41) is 0. The van der Waals surface area contributed by atoms with Gasteiger partial charge >= 0.3 is 0 Å². The Bertz CT molecular complexity index is 399. The molecule has 1 unspecified atom stereocenters. The fourth-order valence-corrected chi connectivity index (χ4v) is 2.14. The molecule has 0 radical (unpaired) electrons. The average molecular weight is 282 g/mol. The molecule has 5 heteroatoms. The Morgan fingerprint density at radius 2 is 1.90 bits per heavy atom. The summed E-state index contributed by atoms with van der Waals surface area (Å²) in [6.07, 6.45) is 0. The van der Waals surface area contributed by atoms with E-state index in [1.807, 2.05) is 18.2 Å². The summed E-state index contributed by atoms with van der Waals surface area (Å²) in [5.74, 6) is 0.783. The van der Waals surface area contributed by atoms with Crippen LogP contribution in [-0.2, 0) is 16.0 Å². The molecule has 1 atom stereocenters. The smallest absolute Gasteiger partial charge is 0.121 e. The van der Waals surface area contributed by atoms with E-state index in [4.69, 9.17) is 19.9 Å². The topological polar surface area (TPSA) is 57.0 Å². The van der Waals surface area contributed by atoms with Gasteiger partial charge in [0.05, 0.1) is 20.3 Å². The number of nitrogen functional groups attached to an aromatic ring is 1. The minimum absolute atomic E-state index is 0.308. The zero-order valence-electron chi connectivity index (χ0n) is 12.9. The number of benzene rings is 1. The molecule has 0 aliphatic carbocycles. The third kappa shape index (κ3) is 5.36. The van der Waals surface area contributed by atoms with Crippen molar-refractivity contribution in [2.24, 2.45) is 0 Å². The maximum Gasteiger partial charge on any atom is 0.121 e. The molecule has 0 spiro atoms. The highest BCUT2D eigenvalue weighted by Gasteiger charge is 2.14. The zero-order chi connectivity index (χ0) is 15.0. The van der Waals surface area contributed by atoms with Crippen molar-refractivity contribution in [3.63, 3.8) is 0 Å². The summed E-state index contributed by atoms with van der Waals surface area (Å²) < 4.78 is 15.7. The number of hydrogen-bond acceptors (Lipinski definition) is 5. The van der Waals surface area contributed by atoms with Crippen molar-refractivity contribution in [3.05, 3.63) is 23.8 Å². The average Bonchev–Trinajstić information content (AvgIpc) is 2.42. The van der Waals surface area contributed by atoms with Gasteiger partial charge in [0.2, 0.25) is 0 Å².